The molecule has 0 fully saturated rings. The van der Waals surface area contributed by atoms with Gasteiger partial charge in [0.25, 0.3) is 0 Å². The predicted molar refractivity (Wildman–Crippen MR) is 121 cm³/mol. The van der Waals surface area contributed by atoms with Crippen molar-refractivity contribution in [3.8, 4) is 22.8 Å². The van der Waals surface area contributed by atoms with Gasteiger partial charge in [-0.1, -0.05) is 41.9 Å². The number of ether oxygens (including phenoxy) is 2. The smallest absolute Gasteiger partial charge is 0.231 e. The molecule has 4 aromatic rings. The Morgan fingerprint density at radius 2 is 1.73 bits per heavy atom. The van der Waals surface area contributed by atoms with Crippen LogP contribution in [0.3, 0.4) is 0 Å². The van der Waals surface area contributed by atoms with Crippen molar-refractivity contribution in [1.82, 2.24) is 4.57 Å². The Balaban J connectivity index is 1.56. The first-order valence-corrected chi connectivity index (χ1v) is 10.9. The van der Waals surface area contributed by atoms with Crippen molar-refractivity contribution in [2.75, 3.05) is 6.79 Å². The van der Waals surface area contributed by atoms with E-state index >= 15 is 0 Å². The minimum atomic E-state index is 0.271. The lowest BCUT2D eigenvalue weighted by atomic mass is 10.1. The van der Waals surface area contributed by atoms with E-state index in [0.717, 1.165) is 46.2 Å². The van der Waals surface area contributed by atoms with Gasteiger partial charge >= 0.3 is 0 Å². The number of rotatable bonds is 5. The highest BCUT2D eigenvalue weighted by Gasteiger charge is 2.16. The maximum Gasteiger partial charge on any atom is 0.231 e. The van der Waals surface area contributed by atoms with Gasteiger partial charge in [-0.05, 0) is 54.4 Å². The van der Waals surface area contributed by atoms with E-state index in [2.05, 4.69) is 40.3 Å². The zero-order chi connectivity index (χ0) is 20.3. The topological polar surface area (TPSA) is 35.8 Å². The number of nitrogens with zero attached hydrogens (tertiary/aromatic N) is 2. The molecule has 6 heteroatoms. The minimum Gasteiger partial charge on any atom is -0.454 e. The SMILES string of the molecule is Clc1ccc(N=c2scc(-c3ccc4c(c3)OCO4)n2CCc2ccccc2)cc1. The number of aromatic nitrogens is 1. The van der Waals surface area contributed by atoms with Gasteiger partial charge in [0.2, 0.25) is 6.79 Å². The van der Waals surface area contributed by atoms with E-state index in [4.69, 9.17) is 26.1 Å². The van der Waals surface area contributed by atoms with Gasteiger partial charge in [-0.25, -0.2) is 4.99 Å². The molecular weight excluding hydrogens is 416 g/mol. The summed E-state index contributed by atoms with van der Waals surface area (Å²) in [5.41, 5.74) is 4.38. The molecule has 0 spiro atoms. The third-order valence-electron chi connectivity index (χ3n) is 4.98. The molecule has 1 aliphatic rings. The van der Waals surface area contributed by atoms with Gasteiger partial charge in [0.05, 0.1) is 11.4 Å². The van der Waals surface area contributed by atoms with Crippen LogP contribution in [0.1, 0.15) is 5.56 Å². The van der Waals surface area contributed by atoms with Crippen LogP contribution in [0, 0.1) is 0 Å². The highest BCUT2D eigenvalue weighted by molar-refractivity contribution is 7.07. The lowest BCUT2D eigenvalue weighted by Crippen LogP contribution is -2.17. The molecule has 0 radical (unpaired) electrons. The first kappa shape index (κ1) is 19.0. The molecule has 2 heterocycles. The molecule has 0 amide bonds. The molecule has 0 aliphatic carbocycles. The van der Waals surface area contributed by atoms with E-state index in [0.29, 0.717) is 5.02 Å². The molecule has 0 bridgehead atoms. The zero-order valence-corrected chi connectivity index (χ0v) is 17.7. The first-order valence-electron chi connectivity index (χ1n) is 9.69. The van der Waals surface area contributed by atoms with Crippen LogP contribution >= 0.6 is 22.9 Å². The van der Waals surface area contributed by atoms with Crippen molar-refractivity contribution in [3.63, 3.8) is 0 Å². The molecular formula is C24H19ClN2O2S. The summed E-state index contributed by atoms with van der Waals surface area (Å²) in [5.74, 6) is 1.57. The van der Waals surface area contributed by atoms with E-state index in [9.17, 15) is 0 Å². The van der Waals surface area contributed by atoms with Crippen molar-refractivity contribution in [2.45, 2.75) is 13.0 Å². The van der Waals surface area contributed by atoms with Crippen molar-refractivity contribution in [2.24, 2.45) is 4.99 Å². The summed E-state index contributed by atoms with van der Waals surface area (Å²) >= 11 is 7.66. The fourth-order valence-corrected chi connectivity index (χ4v) is 4.51. The fourth-order valence-electron chi connectivity index (χ4n) is 3.43. The largest absolute Gasteiger partial charge is 0.454 e. The third-order valence-corrected chi connectivity index (χ3v) is 6.10. The fraction of sp³-hybridized carbons (Fsp3) is 0.125. The maximum atomic E-state index is 6.03. The number of hydrogen-bond acceptors (Lipinski definition) is 4. The van der Waals surface area contributed by atoms with Gasteiger partial charge in [-0.15, -0.1) is 11.3 Å². The average Bonchev–Trinajstić information content (AvgIpc) is 3.41. The molecule has 5 rings (SSSR count). The van der Waals surface area contributed by atoms with Crippen LogP contribution in [0.4, 0.5) is 5.69 Å². The van der Waals surface area contributed by atoms with Crippen LogP contribution in [0.15, 0.2) is 83.2 Å². The first-order chi connectivity index (χ1) is 14.8. The summed E-state index contributed by atoms with van der Waals surface area (Å²) in [5, 5.41) is 2.86. The van der Waals surface area contributed by atoms with Gasteiger partial charge in [0.15, 0.2) is 16.3 Å². The molecule has 1 aromatic heterocycles. The van der Waals surface area contributed by atoms with E-state index in [1.54, 1.807) is 11.3 Å². The van der Waals surface area contributed by atoms with Crippen molar-refractivity contribution in [1.29, 1.82) is 0 Å². The zero-order valence-electron chi connectivity index (χ0n) is 16.1. The standard InChI is InChI=1S/C24H19ClN2O2S/c25-19-7-9-20(10-8-19)26-24-27(13-12-17-4-2-1-3-5-17)21(15-30-24)18-6-11-22-23(14-18)29-16-28-22/h1-11,14-15H,12-13,16H2. The normalized spacial score (nSPS) is 13.0. The Morgan fingerprint density at radius 3 is 2.57 bits per heavy atom. The number of hydrogen-bond donors (Lipinski definition) is 0. The predicted octanol–water partition coefficient (Wildman–Crippen LogP) is 6.07. The van der Waals surface area contributed by atoms with E-state index in [1.165, 1.54) is 5.56 Å². The summed E-state index contributed by atoms with van der Waals surface area (Å²) in [4.78, 5) is 5.83. The second-order valence-corrected chi connectivity index (χ2v) is 8.22. The molecule has 0 saturated heterocycles. The number of benzene rings is 3. The summed E-state index contributed by atoms with van der Waals surface area (Å²) in [6, 6.07) is 24.2. The van der Waals surface area contributed by atoms with Gasteiger partial charge in [-0.2, -0.15) is 0 Å². The van der Waals surface area contributed by atoms with Crippen LogP contribution in [-0.4, -0.2) is 11.4 Å². The molecule has 0 atom stereocenters. The Labute approximate surface area is 183 Å². The van der Waals surface area contributed by atoms with Crippen LogP contribution in [-0.2, 0) is 13.0 Å². The third kappa shape index (κ3) is 3.99. The molecule has 4 nitrogen and oxygen atoms in total. The molecule has 30 heavy (non-hydrogen) atoms. The summed E-state index contributed by atoms with van der Waals surface area (Å²) in [6.07, 6.45) is 0.920. The second kappa shape index (κ2) is 8.38. The van der Waals surface area contributed by atoms with Gasteiger partial charge < -0.3 is 14.0 Å². The highest BCUT2D eigenvalue weighted by atomic mass is 35.5. The van der Waals surface area contributed by atoms with Gasteiger partial charge in [0.1, 0.15) is 0 Å². The maximum absolute atomic E-state index is 6.03. The Morgan fingerprint density at radius 1 is 0.933 bits per heavy atom. The number of aryl methyl sites for hydroxylation is 1. The molecule has 3 aromatic carbocycles. The van der Waals surface area contributed by atoms with Gasteiger partial charge in [-0.3, -0.25) is 0 Å². The van der Waals surface area contributed by atoms with Crippen LogP contribution < -0.4 is 14.3 Å². The van der Waals surface area contributed by atoms with E-state index < -0.39 is 0 Å². The summed E-state index contributed by atoms with van der Waals surface area (Å²) in [6.45, 7) is 1.09. The molecule has 0 unspecified atom stereocenters. The Bertz CT molecular complexity index is 1230. The Kier molecular flexibility index (Phi) is 5.30. The summed E-state index contributed by atoms with van der Waals surface area (Å²) in [7, 11) is 0. The van der Waals surface area contributed by atoms with Crippen LogP contribution in [0.25, 0.3) is 11.3 Å². The van der Waals surface area contributed by atoms with E-state index in [1.807, 2.05) is 42.5 Å². The summed E-state index contributed by atoms with van der Waals surface area (Å²) < 4.78 is 13.3. The number of thiazole rings is 1. The molecule has 0 saturated carbocycles. The lowest BCUT2D eigenvalue weighted by molar-refractivity contribution is 0.174. The molecule has 0 N–H and O–H groups in total. The average molecular weight is 435 g/mol. The highest BCUT2D eigenvalue weighted by Crippen LogP contribution is 2.36. The lowest BCUT2D eigenvalue weighted by Gasteiger charge is -2.10. The van der Waals surface area contributed by atoms with Crippen molar-refractivity contribution >= 4 is 28.6 Å². The van der Waals surface area contributed by atoms with Crippen molar-refractivity contribution < 1.29 is 9.47 Å². The monoisotopic (exact) mass is 434 g/mol. The van der Waals surface area contributed by atoms with E-state index in [-0.39, 0.29) is 6.79 Å². The van der Waals surface area contributed by atoms with Crippen molar-refractivity contribution in [3.05, 3.63) is 93.6 Å². The second-order valence-electron chi connectivity index (χ2n) is 6.95. The Hall–Kier alpha value is -3.02. The number of halogens is 1. The quantitative estimate of drug-likeness (QED) is 0.382. The van der Waals surface area contributed by atoms with Crippen LogP contribution in [0.5, 0.6) is 11.5 Å². The molecule has 1 aliphatic heterocycles. The minimum absolute atomic E-state index is 0.271. The molecule has 150 valence electrons. The number of fused-ring (bicyclic) bond motifs is 1. The van der Waals surface area contributed by atoms with Gasteiger partial charge in [0, 0.05) is 22.5 Å². The van der Waals surface area contributed by atoms with Crippen LogP contribution in [0.2, 0.25) is 5.02 Å².